The van der Waals surface area contributed by atoms with E-state index in [9.17, 15) is 5.11 Å². The second-order valence-corrected chi connectivity index (χ2v) is 12.2. The minimum absolute atomic E-state index is 0.0933. The number of aromatic nitrogens is 1. The summed E-state index contributed by atoms with van der Waals surface area (Å²) in [5.74, 6) is 4.27. The van der Waals surface area contributed by atoms with E-state index < -0.39 is 0 Å². The van der Waals surface area contributed by atoms with E-state index in [1.807, 2.05) is 6.20 Å². The zero-order valence-corrected chi connectivity index (χ0v) is 20.2. The summed E-state index contributed by atoms with van der Waals surface area (Å²) in [6, 6.07) is 4.26. The van der Waals surface area contributed by atoms with Crippen LogP contribution in [0.2, 0.25) is 0 Å². The van der Waals surface area contributed by atoms with Crippen molar-refractivity contribution in [1.29, 1.82) is 0 Å². The molecule has 0 bridgehead atoms. The Morgan fingerprint density at radius 1 is 1.13 bits per heavy atom. The molecule has 0 spiro atoms. The van der Waals surface area contributed by atoms with Gasteiger partial charge in [-0.1, -0.05) is 38.5 Å². The number of hydrogen-bond acceptors (Lipinski definition) is 2. The van der Waals surface area contributed by atoms with Crippen molar-refractivity contribution in [2.75, 3.05) is 0 Å². The highest BCUT2D eigenvalue weighted by Gasteiger charge is 2.59. The number of pyridine rings is 1. The molecule has 0 radical (unpaired) electrons. The van der Waals surface area contributed by atoms with Crippen molar-refractivity contribution in [3.05, 3.63) is 41.2 Å². The zero-order valence-electron chi connectivity index (χ0n) is 20.2. The summed E-state index contributed by atoms with van der Waals surface area (Å²) in [6.45, 7) is 9.96. The van der Waals surface area contributed by atoms with Crippen LogP contribution >= 0.6 is 0 Å². The molecule has 0 amide bonds. The van der Waals surface area contributed by atoms with E-state index in [0.29, 0.717) is 10.8 Å². The van der Waals surface area contributed by atoms with Crippen LogP contribution in [-0.2, 0) is 6.42 Å². The average Bonchev–Trinajstić information content (AvgIpc) is 3.11. The number of allylic oxidation sites excluding steroid dienone is 1. The fourth-order valence-corrected chi connectivity index (χ4v) is 8.96. The minimum atomic E-state index is -0.0933. The summed E-state index contributed by atoms with van der Waals surface area (Å²) in [5, 5.41) is 10.3. The number of aliphatic hydroxyl groups is 1. The van der Waals surface area contributed by atoms with Gasteiger partial charge in [-0.05, 0) is 123 Å². The van der Waals surface area contributed by atoms with E-state index in [-0.39, 0.29) is 6.10 Å². The topological polar surface area (TPSA) is 33.1 Å². The maximum absolute atomic E-state index is 10.3. The van der Waals surface area contributed by atoms with Crippen LogP contribution in [0.4, 0.5) is 0 Å². The van der Waals surface area contributed by atoms with E-state index >= 15 is 0 Å². The number of nitrogens with zero attached hydrogens (tertiary/aromatic N) is 1. The molecule has 31 heavy (non-hydrogen) atoms. The van der Waals surface area contributed by atoms with Crippen LogP contribution in [0.5, 0.6) is 0 Å². The molecular formula is C29H43NO. The van der Waals surface area contributed by atoms with Crippen LogP contribution in [-0.4, -0.2) is 16.2 Å². The van der Waals surface area contributed by atoms with Gasteiger partial charge >= 0.3 is 0 Å². The van der Waals surface area contributed by atoms with Crippen molar-refractivity contribution in [3.8, 4) is 0 Å². The SMILES string of the molecule is Cc1cccnc1CC[C@@H](C)[C@H]1CC[C@H]2[C@@H]3CC=C4C[C@@H](O)CC[C@]4(C)[C@H]3CC[C@]12C. The van der Waals surface area contributed by atoms with Crippen molar-refractivity contribution in [2.24, 2.45) is 40.4 Å². The first-order valence-corrected chi connectivity index (χ1v) is 13.1. The molecule has 1 N–H and O–H groups in total. The number of aliphatic hydroxyl groups excluding tert-OH is 1. The van der Waals surface area contributed by atoms with Gasteiger partial charge in [0.1, 0.15) is 0 Å². The van der Waals surface area contributed by atoms with Crippen LogP contribution in [0, 0.1) is 47.3 Å². The third-order valence-corrected chi connectivity index (χ3v) is 10.8. The van der Waals surface area contributed by atoms with Gasteiger partial charge in [0.25, 0.3) is 0 Å². The standard InChI is InChI=1S/C29H43NO/c1-19(7-12-27-20(2)6-5-17-30-27)24-10-11-25-23-9-8-21-18-22(31)13-15-28(21,3)26(23)14-16-29(24,25)4/h5-6,8,17,19,22-26,31H,7,9-16,18H2,1-4H3/t19-,22+,23+,24-,25+,26+,28+,29-/m1/s1. The molecule has 170 valence electrons. The lowest BCUT2D eigenvalue weighted by Gasteiger charge is -2.58. The first kappa shape index (κ1) is 21.7. The molecule has 1 aromatic rings. The third-order valence-electron chi connectivity index (χ3n) is 10.8. The quantitative estimate of drug-likeness (QED) is 0.536. The van der Waals surface area contributed by atoms with E-state index in [0.717, 1.165) is 48.9 Å². The molecule has 1 heterocycles. The van der Waals surface area contributed by atoms with E-state index in [4.69, 9.17) is 0 Å². The second-order valence-electron chi connectivity index (χ2n) is 12.2. The smallest absolute Gasteiger partial charge is 0.0577 e. The molecule has 3 saturated carbocycles. The van der Waals surface area contributed by atoms with Crippen LogP contribution in [0.1, 0.15) is 89.8 Å². The van der Waals surface area contributed by atoms with Crippen LogP contribution in [0.15, 0.2) is 30.0 Å². The number of aryl methyl sites for hydroxylation is 2. The molecule has 0 saturated heterocycles. The third kappa shape index (κ3) is 3.52. The van der Waals surface area contributed by atoms with E-state index in [1.54, 1.807) is 5.57 Å². The Bertz CT molecular complexity index is 845. The predicted molar refractivity (Wildman–Crippen MR) is 128 cm³/mol. The summed E-state index contributed by atoms with van der Waals surface area (Å²) in [5.41, 5.74) is 5.14. The Kier molecular flexibility index (Phi) is 5.60. The molecule has 0 aromatic carbocycles. The molecule has 0 unspecified atom stereocenters. The average molecular weight is 422 g/mol. The van der Waals surface area contributed by atoms with Gasteiger partial charge in [-0.25, -0.2) is 0 Å². The molecule has 2 nitrogen and oxygen atoms in total. The highest BCUT2D eigenvalue weighted by Crippen LogP contribution is 2.67. The first-order valence-electron chi connectivity index (χ1n) is 13.1. The van der Waals surface area contributed by atoms with Crippen molar-refractivity contribution in [3.63, 3.8) is 0 Å². The highest BCUT2D eigenvalue weighted by molar-refractivity contribution is 5.25. The predicted octanol–water partition coefficient (Wildman–Crippen LogP) is 6.90. The van der Waals surface area contributed by atoms with Crippen LogP contribution < -0.4 is 0 Å². The van der Waals surface area contributed by atoms with Crippen molar-refractivity contribution in [2.45, 2.75) is 98.0 Å². The lowest BCUT2D eigenvalue weighted by Crippen LogP contribution is -2.50. The second kappa shape index (κ2) is 8.01. The van der Waals surface area contributed by atoms with Crippen molar-refractivity contribution >= 4 is 0 Å². The normalized spacial score (nSPS) is 42.9. The largest absolute Gasteiger partial charge is 0.393 e. The summed E-state index contributed by atoms with van der Waals surface area (Å²) in [7, 11) is 0. The zero-order chi connectivity index (χ0) is 21.8. The Morgan fingerprint density at radius 3 is 2.77 bits per heavy atom. The molecule has 4 aliphatic carbocycles. The summed E-state index contributed by atoms with van der Waals surface area (Å²) >= 11 is 0. The fourth-order valence-electron chi connectivity index (χ4n) is 8.96. The molecule has 5 rings (SSSR count). The van der Waals surface area contributed by atoms with Gasteiger partial charge < -0.3 is 5.11 Å². The minimum Gasteiger partial charge on any atom is -0.393 e. The van der Waals surface area contributed by atoms with Crippen molar-refractivity contribution < 1.29 is 5.11 Å². The van der Waals surface area contributed by atoms with Crippen LogP contribution in [0.25, 0.3) is 0 Å². The molecule has 2 heteroatoms. The lowest BCUT2D eigenvalue weighted by molar-refractivity contribution is -0.0571. The molecule has 3 fully saturated rings. The fraction of sp³-hybridized carbons (Fsp3) is 0.759. The molecule has 8 atom stereocenters. The Labute approximate surface area is 189 Å². The van der Waals surface area contributed by atoms with Gasteiger partial charge in [-0.15, -0.1) is 0 Å². The van der Waals surface area contributed by atoms with Crippen molar-refractivity contribution in [1.82, 2.24) is 4.98 Å². The van der Waals surface area contributed by atoms with E-state index in [1.165, 1.54) is 56.2 Å². The summed E-state index contributed by atoms with van der Waals surface area (Å²) in [4.78, 5) is 4.66. The Hall–Kier alpha value is -1.15. The maximum Gasteiger partial charge on any atom is 0.0577 e. The van der Waals surface area contributed by atoms with Gasteiger partial charge in [0, 0.05) is 11.9 Å². The van der Waals surface area contributed by atoms with Gasteiger partial charge in [0.2, 0.25) is 0 Å². The maximum atomic E-state index is 10.3. The van der Waals surface area contributed by atoms with Gasteiger partial charge in [-0.2, -0.15) is 0 Å². The molecular weight excluding hydrogens is 378 g/mol. The molecule has 0 aliphatic heterocycles. The van der Waals surface area contributed by atoms with Gasteiger partial charge in [0.05, 0.1) is 6.10 Å². The molecule has 1 aromatic heterocycles. The summed E-state index contributed by atoms with van der Waals surface area (Å²) < 4.78 is 0. The summed E-state index contributed by atoms with van der Waals surface area (Å²) in [6.07, 6.45) is 17.0. The Morgan fingerprint density at radius 2 is 1.97 bits per heavy atom. The van der Waals surface area contributed by atoms with Gasteiger partial charge in [0.15, 0.2) is 0 Å². The highest BCUT2D eigenvalue weighted by atomic mass is 16.3. The lowest BCUT2D eigenvalue weighted by atomic mass is 9.47. The number of rotatable bonds is 4. The molecule has 4 aliphatic rings. The monoisotopic (exact) mass is 421 g/mol. The number of fused-ring (bicyclic) bond motifs is 5. The number of hydrogen-bond donors (Lipinski definition) is 1. The van der Waals surface area contributed by atoms with E-state index in [2.05, 4.69) is 50.9 Å². The van der Waals surface area contributed by atoms with Gasteiger partial charge in [-0.3, -0.25) is 4.98 Å². The first-order chi connectivity index (χ1) is 14.8. The Balaban J connectivity index is 1.31. The van der Waals surface area contributed by atoms with Crippen LogP contribution in [0.3, 0.4) is 0 Å².